The Morgan fingerprint density at radius 1 is 1.31 bits per heavy atom. The molecule has 8 nitrogen and oxygen atoms in total. The molecule has 0 unspecified atom stereocenters. The van der Waals surface area contributed by atoms with Crippen molar-refractivity contribution in [1.29, 1.82) is 0 Å². The van der Waals surface area contributed by atoms with Crippen LogP contribution in [0.3, 0.4) is 0 Å². The number of benzene rings is 1. The highest BCUT2D eigenvalue weighted by atomic mass is 16.5. The molecule has 2 heterocycles. The molecule has 0 fully saturated rings. The van der Waals surface area contributed by atoms with Gasteiger partial charge in [0.2, 0.25) is 0 Å². The molecular formula is C21H28N4O4. The van der Waals surface area contributed by atoms with Crippen molar-refractivity contribution in [3.8, 4) is 5.75 Å². The molecule has 1 aliphatic heterocycles. The summed E-state index contributed by atoms with van der Waals surface area (Å²) in [6.07, 6.45) is -0.495. The summed E-state index contributed by atoms with van der Waals surface area (Å²) in [5.74, 6) is 0.630. The van der Waals surface area contributed by atoms with Crippen molar-refractivity contribution < 1.29 is 19.4 Å². The highest BCUT2D eigenvalue weighted by Gasteiger charge is 2.28. The van der Waals surface area contributed by atoms with Gasteiger partial charge < -0.3 is 19.6 Å². The maximum absolute atomic E-state index is 12.8. The van der Waals surface area contributed by atoms with Crippen molar-refractivity contribution in [2.75, 3.05) is 26.7 Å². The molecule has 1 aromatic carbocycles. The number of aromatic amines is 1. The molecule has 0 aliphatic carbocycles. The van der Waals surface area contributed by atoms with E-state index in [1.165, 1.54) is 4.90 Å². The number of ether oxygens (including phenoxy) is 1. The number of H-pyrrole nitrogens is 1. The van der Waals surface area contributed by atoms with E-state index in [1.807, 2.05) is 18.2 Å². The van der Waals surface area contributed by atoms with Gasteiger partial charge in [-0.3, -0.25) is 9.89 Å². The summed E-state index contributed by atoms with van der Waals surface area (Å²) in [7, 11) is 1.72. The smallest absolute Gasteiger partial charge is 0.407 e. The van der Waals surface area contributed by atoms with Gasteiger partial charge in [-0.25, -0.2) is 4.79 Å². The average molecular weight is 400 g/mol. The standard InChI is InChI=1S/C21H28N4O4/c1-21(2,3)15-7-5-6-8-17(15)29-12-11-24(4)19(26)18-14-9-10-25(20(27)28)13-16(14)22-23-18/h5-8H,9-13H2,1-4H3,(H,22,23)(H,27,28). The van der Waals surface area contributed by atoms with Gasteiger partial charge >= 0.3 is 6.09 Å². The number of amides is 2. The molecule has 2 N–H and O–H groups in total. The summed E-state index contributed by atoms with van der Waals surface area (Å²) >= 11 is 0. The second-order valence-electron chi connectivity index (χ2n) is 8.30. The van der Waals surface area contributed by atoms with E-state index in [0.29, 0.717) is 37.5 Å². The van der Waals surface area contributed by atoms with Crippen LogP contribution in [0.15, 0.2) is 24.3 Å². The van der Waals surface area contributed by atoms with Crippen LogP contribution < -0.4 is 4.74 Å². The summed E-state index contributed by atoms with van der Waals surface area (Å²) in [5.41, 5.74) is 2.95. The van der Waals surface area contributed by atoms with Crippen molar-refractivity contribution in [2.45, 2.75) is 39.2 Å². The first-order valence-corrected chi connectivity index (χ1v) is 9.70. The van der Waals surface area contributed by atoms with Crippen molar-refractivity contribution in [3.05, 3.63) is 46.8 Å². The molecule has 0 radical (unpaired) electrons. The van der Waals surface area contributed by atoms with Gasteiger partial charge in [-0.2, -0.15) is 5.10 Å². The normalized spacial score (nSPS) is 13.7. The van der Waals surface area contributed by atoms with E-state index >= 15 is 0 Å². The van der Waals surface area contributed by atoms with Gasteiger partial charge in [-0.1, -0.05) is 39.0 Å². The van der Waals surface area contributed by atoms with Gasteiger partial charge in [0.25, 0.3) is 5.91 Å². The fourth-order valence-corrected chi connectivity index (χ4v) is 3.45. The summed E-state index contributed by atoms with van der Waals surface area (Å²) in [6.45, 7) is 7.78. The fraction of sp³-hybridized carbons (Fsp3) is 0.476. The van der Waals surface area contributed by atoms with Crippen LogP contribution in [0.4, 0.5) is 4.79 Å². The molecular weight excluding hydrogens is 372 g/mol. The minimum absolute atomic E-state index is 0.0315. The topological polar surface area (TPSA) is 98.8 Å². The Balaban J connectivity index is 1.61. The van der Waals surface area contributed by atoms with Crippen LogP contribution in [0.25, 0.3) is 0 Å². The molecule has 0 saturated carbocycles. The second-order valence-corrected chi connectivity index (χ2v) is 8.30. The summed E-state index contributed by atoms with van der Waals surface area (Å²) in [5, 5.41) is 16.1. The van der Waals surface area contributed by atoms with Crippen molar-refractivity contribution in [2.24, 2.45) is 0 Å². The van der Waals surface area contributed by atoms with Crippen LogP contribution in [0.1, 0.15) is 48.1 Å². The first-order valence-electron chi connectivity index (χ1n) is 9.70. The number of nitrogens with zero attached hydrogens (tertiary/aromatic N) is 3. The molecule has 8 heteroatoms. The molecule has 0 atom stereocenters. The molecule has 0 spiro atoms. The number of carbonyl (C=O) groups is 2. The number of hydrogen-bond donors (Lipinski definition) is 2. The molecule has 0 saturated heterocycles. The van der Waals surface area contributed by atoms with E-state index in [9.17, 15) is 9.59 Å². The van der Waals surface area contributed by atoms with E-state index in [1.54, 1.807) is 11.9 Å². The van der Waals surface area contributed by atoms with Gasteiger partial charge in [0.1, 0.15) is 12.4 Å². The number of hydrogen-bond acceptors (Lipinski definition) is 4. The van der Waals surface area contributed by atoms with Crippen molar-refractivity contribution in [3.63, 3.8) is 0 Å². The number of carbonyl (C=O) groups excluding carboxylic acids is 1. The lowest BCUT2D eigenvalue weighted by Gasteiger charge is -2.25. The Morgan fingerprint density at radius 3 is 2.72 bits per heavy atom. The zero-order valence-corrected chi connectivity index (χ0v) is 17.4. The molecule has 29 heavy (non-hydrogen) atoms. The Kier molecular flexibility index (Phi) is 5.81. The zero-order chi connectivity index (χ0) is 21.2. The molecule has 3 rings (SSSR count). The van der Waals surface area contributed by atoms with Gasteiger partial charge in [0, 0.05) is 19.2 Å². The van der Waals surface area contributed by atoms with Crippen LogP contribution in [-0.2, 0) is 18.4 Å². The lowest BCUT2D eigenvalue weighted by molar-refractivity contribution is 0.0766. The summed E-state index contributed by atoms with van der Waals surface area (Å²) in [4.78, 5) is 26.8. The zero-order valence-electron chi connectivity index (χ0n) is 17.4. The maximum atomic E-state index is 12.8. The Labute approximate surface area is 170 Å². The number of para-hydroxylation sites is 1. The molecule has 1 aromatic heterocycles. The van der Waals surface area contributed by atoms with Crippen molar-refractivity contribution >= 4 is 12.0 Å². The molecule has 1 aliphatic rings. The van der Waals surface area contributed by atoms with E-state index in [-0.39, 0.29) is 17.9 Å². The number of carboxylic acid groups (broad SMARTS) is 1. The predicted octanol–water partition coefficient (Wildman–Crippen LogP) is 2.89. The molecule has 2 aromatic rings. The van der Waals surface area contributed by atoms with Gasteiger partial charge in [0.15, 0.2) is 5.69 Å². The second kappa shape index (κ2) is 8.14. The third-order valence-corrected chi connectivity index (χ3v) is 5.13. The van der Waals surface area contributed by atoms with Crippen molar-refractivity contribution in [1.82, 2.24) is 20.0 Å². The lowest BCUT2D eigenvalue weighted by atomic mass is 9.86. The van der Waals surface area contributed by atoms with Crippen LogP contribution >= 0.6 is 0 Å². The van der Waals surface area contributed by atoms with Gasteiger partial charge in [0.05, 0.1) is 18.8 Å². The quantitative estimate of drug-likeness (QED) is 0.804. The SMILES string of the molecule is CN(CCOc1ccccc1C(C)(C)C)C(=O)c1n[nH]c2c1CCN(C(=O)O)C2. The fourth-order valence-electron chi connectivity index (χ4n) is 3.45. The number of fused-ring (bicyclic) bond motifs is 1. The van der Waals surface area contributed by atoms with Crippen LogP contribution in [-0.4, -0.2) is 63.8 Å². The van der Waals surface area contributed by atoms with E-state index in [4.69, 9.17) is 9.84 Å². The minimum Gasteiger partial charge on any atom is -0.491 e. The Bertz CT molecular complexity index is 900. The van der Waals surface area contributed by atoms with Crippen LogP contribution in [0.5, 0.6) is 5.75 Å². The van der Waals surface area contributed by atoms with E-state index in [2.05, 4.69) is 37.0 Å². The number of likely N-dealkylation sites (N-methyl/N-ethyl adjacent to an activating group) is 1. The van der Waals surface area contributed by atoms with E-state index < -0.39 is 6.09 Å². The average Bonchev–Trinajstić information content (AvgIpc) is 3.10. The first kappa shape index (κ1) is 20.7. The largest absolute Gasteiger partial charge is 0.491 e. The highest BCUT2D eigenvalue weighted by Crippen LogP contribution is 2.30. The highest BCUT2D eigenvalue weighted by molar-refractivity contribution is 5.94. The van der Waals surface area contributed by atoms with Crippen LogP contribution in [0, 0.1) is 0 Å². The lowest BCUT2D eigenvalue weighted by Crippen LogP contribution is -2.36. The Morgan fingerprint density at radius 2 is 2.03 bits per heavy atom. The first-order chi connectivity index (χ1) is 13.7. The molecule has 156 valence electrons. The van der Waals surface area contributed by atoms with Gasteiger partial charge in [-0.15, -0.1) is 0 Å². The summed E-state index contributed by atoms with van der Waals surface area (Å²) in [6, 6.07) is 7.94. The Hall–Kier alpha value is -3.03. The number of rotatable bonds is 5. The predicted molar refractivity (Wildman–Crippen MR) is 108 cm³/mol. The minimum atomic E-state index is -0.970. The van der Waals surface area contributed by atoms with E-state index in [0.717, 1.165) is 16.9 Å². The third kappa shape index (κ3) is 4.52. The maximum Gasteiger partial charge on any atom is 0.407 e. The summed E-state index contributed by atoms with van der Waals surface area (Å²) < 4.78 is 5.96. The van der Waals surface area contributed by atoms with Crippen LogP contribution in [0.2, 0.25) is 0 Å². The third-order valence-electron chi connectivity index (χ3n) is 5.13. The van der Waals surface area contributed by atoms with Gasteiger partial charge in [-0.05, 0) is 23.5 Å². The monoisotopic (exact) mass is 400 g/mol. The molecule has 0 bridgehead atoms. The number of nitrogens with one attached hydrogen (secondary N) is 1. The number of aromatic nitrogens is 2. The molecule has 2 amide bonds.